The largest absolute Gasteiger partial charge is 0.545 e. The van der Waals surface area contributed by atoms with Crippen LogP contribution in [0.1, 0.15) is 36.6 Å². The van der Waals surface area contributed by atoms with Crippen LogP contribution in [0.4, 0.5) is 0 Å². The smallest absolute Gasteiger partial charge is 0.197 e. The summed E-state index contributed by atoms with van der Waals surface area (Å²) >= 11 is 0. The first kappa shape index (κ1) is 13.0. The first-order valence-corrected chi connectivity index (χ1v) is 6.29. The van der Waals surface area contributed by atoms with Crippen molar-refractivity contribution < 1.29 is 19.5 Å². The molecule has 2 aromatic rings. The van der Waals surface area contributed by atoms with Gasteiger partial charge in [0.2, 0.25) is 0 Å². The molecule has 3 rings (SSSR count). The number of carbonyl (C=O) groups is 3. The van der Waals surface area contributed by atoms with E-state index in [4.69, 9.17) is 0 Å². The molecule has 1 aliphatic rings. The van der Waals surface area contributed by atoms with Crippen molar-refractivity contribution in [3.63, 3.8) is 0 Å². The van der Waals surface area contributed by atoms with Crippen LogP contribution in [-0.2, 0) is 0 Å². The summed E-state index contributed by atoms with van der Waals surface area (Å²) < 4.78 is 0. The molecule has 0 radical (unpaired) electrons. The predicted octanol–water partition coefficient (Wildman–Crippen LogP) is 1.51. The quantitative estimate of drug-likeness (QED) is 0.616. The molecule has 4 heteroatoms. The Balaban J connectivity index is 2.00. The Bertz CT molecular complexity index is 761. The van der Waals surface area contributed by atoms with Crippen molar-refractivity contribution in [3.05, 3.63) is 76.4 Å². The van der Waals surface area contributed by atoms with Crippen molar-refractivity contribution in [1.82, 2.24) is 0 Å². The number of allylic oxidation sites excluding steroid dienone is 1. The molecule has 0 amide bonds. The van der Waals surface area contributed by atoms with Gasteiger partial charge in [-0.05, 0) is 17.2 Å². The Morgan fingerprint density at radius 3 is 1.86 bits per heavy atom. The Kier molecular flexibility index (Phi) is 2.99. The third kappa shape index (κ3) is 2.17. The Labute approximate surface area is 120 Å². The zero-order chi connectivity index (χ0) is 15.0. The summed E-state index contributed by atoms with van der Waals surface area (Å²) in [7, 11) is 0. The fourth-order valence-electron chi connectivity index (χ4n) is 2.29. The lowest BCUT2D eigenvalue weighted by Crippen LogP contribution is -2.21. The lowest BCUT2D eigenvalue weighted by molar-refractivity contribution is -0.255. The highest BCUT2D eigenvalue weighted by molar-refractivity contribution is 6.41. The van der Waals surface area contributed by atoms with E-state index in [1.165, 1.54) is 30.3 Å². The van der Waals surface area contributed by atoms with E-state index in [0.29, 0.717) is 16.7 Å². The van der Waals surface area contributed by atoms with Crippen LogP contribution < -0.4 is 5.11 Å². The monoisotopic (exact) mass is 277 g/mol. The first-order valence-electron chi connectivity index (χ1n) is 6.29. The van der Waals surface area contributed by atoms with Gasteiger partial charge < -0.3 is 9.90 Å². The van der Waals surface area contributed by atoms with E-state index in [1.54, 1.807) is 24.3 Å². The zero-order valence-electron chi connectivity index (χ0n) is 10.8. The van der Waals surface area contributed by atoms with Gasteiger partial charge in [-0.25, -0.2) is 0 Å². The standard InChI is InChI=1S/C17H10O4/c18-15-12-3-1-2-4-13(12)16(19)14(15)9-10-5-7-11(8-6-10)17(20)21/h1-9H,(H,20,21)/p-1. The number of carboxylic acids is 1. The third-order valence-corrected chi connectivity index (χ3v) is 3.36. The van der Waals surface area contributed by atoms with E-state index in [1.807, 2.05) is 0 Å². The van der Waals surface area contributed by atoms with Crippen LogP contribution in [0.5, 0.6) is 0 Å². The summed E-state index contributed by atoms with van der Waals surface area (Å²) in [5.74, 6) is -1.88. The van der Waals surface area contributed by atoms with E-state index in [2.05, 4.69) is 0 Å². The summed E-state index contributed by atoms with van der Waals surface area (Å²) in [4.78, 5) is 35.1. The molecule has 0 atom stereocenters. The average molecular weight is 277 g/mol. The van der Waals surface area contributed by atoms with Gasteiger partial charge in [0.25, 0.3) is 0 Å². The maximum Gasteiger partial charge on any atom is 0.197 e. The number of ketones is 2. The van der Waals surface area contributed by atoms with Crippen LogP contribution in [0, 0.1) is 0 Å². The second kappa shape index (κ2) is 4.83. The molecule has 1 aliphatic carbocycles. The Hall–Kier alpha value is -3.01. The molecule has 21 heavy (non-hydrogen) atoms. The minimum Gasteiger partial charge on any atom is -0.545 e. The second-order valence-corrected chi connectivity index (χ2v) is 4.67. The summed E-state index contributed by atoms with van der Waals surface area (Å²) in [5, 5.41) is 10.7. The molecule has 102 valence electrons. The van der Waals surface area contributed by atoms with E-state index in [9.17, 15) is 19.5 Å². The normalized spacial score (nSPS) is 13.2. The molecule has 0 saturated carbocycles. The fourth-order valence-corrected chi connectivity index (χ4v) is 2.29. The lowest BCUT2D eigenvalue weighted by Gasteiger charge is -2.02. The summed E-state index contributed by atoms with van der Waals surface area (Å²) in [5.41, 5.74) is 1.53. The molecule has 4 nitrogen and oxygen atoms in total. The number of Topliss-reactive ketones (excluding diaryl/α,β-unsaturated/α-hetero) is 2. The number of aromatic carboxylic acids is 1. The number of benzene rings is 2. The fraction of sp³-hybridized carbons (Fsp3) is 0. The maximum absolute atomic E-state index is 12.2. The average Bonchev–Trinajstić information content (AvgIpc) is 2.73. The molecular formula is C17H9O4-. The number of carboxylic acid groups (broad SMARTS) is 1. The van der Waals surface area contributed by atoms with Crippen LogP contribution >= 0.6 is 0 Å². The number of fused-ring (bicyclic) bond motifs is 1. The highest BCUT2D eigenvalue weighted by Gasteiger charge is 2.32. The van der Waals surface area contributed by atoms with E-state index >= 15 is 0 Å². The van der Waals surface area contributed by atoms with Gasteiger partial charge in [-0.2, -0.15) is 0 Å². The van der Waals surface area contributed by atoms with Crippen LogP contribution in [0.2, 0.25) is 0 Å². The van der Waals surface area contributed by atoms with Crippen molar-refractivity contribution in [1.29, 1.82) is 0 Å². The van der Waals surface area contributed by atoms with Crippen molar-refractivity contribution in [2.24, 2.45) is 0 Å². The highest BCUT2D eigenvalue weighted by Crippen LogP contribution is 2.27. The van der Waals surface area contributed by atoms with Crippen molar-refractivity contribution in [2.45, 2.75) is 0 Å². The van der Waals surface area contributed by atoms with Gasteiger partial charge in [0.1, 0.15) is 0 Å². The molecule has 0 spiro atoms. The molecular weight excluding hydrogens is 268 g/mol. The SMILES string of the molecule is O=C([O-])c1ccc(C=C2C(=O)c3ccccc3C2=O)cc1. The molecule has 0 heterocycles. The molecule has 0 saturated heterocycles. The van der Waals surface area contributed by atoms with Crippen LogP contribution in [-0.4, -0.2) is 17.5 Å². The predicted molar refractivity (Wildman–Crippen MR) is 73.9 cm³/mol. The van der Waals surface area contributed by atoms with E-state index in [0.717, 1.165) is 0 Å². The molecule has 0 unspecified atom stereocenters. The Morgan fingerprint density at radius 2 is 1.38 bits per heavy atom. The van der Waals surface area contributed by atoms with Crippen LogP contribution in [0.25, 0.3) is 6.08 Å². The molecule has 0 aliphatic heterocycles. The van der Waals surface area contributed by atoms with Crippen molar-refractivity contribution >= 4 is 23.6 Å². The summed E-state index contributed by atoms with van der Waals surface area (Å²) in [6, 6.07) is 12.5. The van der Waals surface area contributed by atoms with Gasteiger partial charge in [0, 0.05) is 11.1 Å². The van der Waals surface area contributed by atoms with E-state index < -0.39 is 5.97 Å². The number of hydrogen-bond acceptors (Lipinski definition) is 4. The molecule has 2 aromatic carbocycles. The third-order valence-electron chi connectivity index (χ3n) is 3.36. The lowest BCUT2D eigenvalue weighted by atomic mass is 10.1. The van der Waals surface area contributed by atoms with Gasteiger partial charge in [-0.15, -0.1) is 0 Å². The number of hydrogen-bond donors (Lipinski definition) is 0. The molecule has 0 N–H and O–H groups in total. The molecule has 0 fully saturated rings. The minimum absolute atomic E-state index is 0.0458. The molecule has 0 bridgehead atoms. The maximum atomic E-state index is 12.2. The van der Waals surface area contributed by atoms with Gasteiger partial charge in [0.15, 0.2) is 11.6 Å². The van der Waals surface area contributed by atoms with Gasteiger partial charge >= 0.3 is 0 Å². The number of carbonyl (C=O) groups excluding carboxylic acids is 3. The molecule has 0 aromatic heterocycles. The van der Waals surface area contributed by atoms with Crippen molar-refractivity contribution in [3.8, 4) is 0 Å². The summed E-state index contributed by atoms with van der Waals surface area (Å²) in [6.45, 7) is 0. The highest BCUT2D eigenvalue weighted by atomic mass is 16.4. The van der Waals surface area contributed by atoms with Gasteiger partial charge in [-0.1, -0.05) is 48.5 Å². The second-order valence-electron chi connectivity index (χ2n) is 4.67. The zero-order valence-corrected chi connectivity index (χ0v) is 10.8. The van der Waals surface area contributed by atoms with E-state index in [-0.39, 0.29) is 22.7 Å². The topological polar surface area (TPSA) is 74.3 Å². The first-order chi connectivity index (χ1) is 10.1. The van der Waals surface area contributed by atoms with Gasteiger partial charge in [0.05, 0.1) is 11.5 Å². The Morgan fingerprint density at radius 1 is 0.857 bits per heavy atom. The van der Waals surface area contributed by atoms with Gasteiger partial charge in [-0.3, -0.25) is 9.59 Å². The van der Waals surface area contributed by atoms with Crippen LogP contribution in [0.15, 0.2) is 54.1 Å². The van der Waals surface area contributed by atoms with Crippen molar-refractivity contribution in [2.75, 3.05) is 0 Å². The van der Waals surface area contributed by atoms with Crippen LogP contribution in [0.3, 0.4) is 0 Å². The summed E-state index contributed by atoms with van der Waals surface area (Å²) in [6.07, 6.45) is 1.48. The minimum atomic E-state index is -1.27. The number of rotatable bonds is 2.